The van der Waals surface area contributed by atoms with E-state index in [0.29, 0.717) is 11.5 Å². The number of hydrogen-bond donors (Lipinski definition) is 0. The van der Waals surface area contributed by atoms with Crippen LogP contribution in [0.15, 0.2) is 42.7 Å². The van der Waals surface area contributed by atoms with Crippen molar-refractivity contribution in [1.82, 2.24) is 0 Å². The molecule has 0 aliphatic heterocycles. The monoisotopic (exact) mass is 282 g/mol. The van der Waals surface area contributed by atoms with Crippen molar-refractivity contribution in [2.45, 2.75) is 45.4 Å². The van der Waals surface area contributed by atoms with Crippen LogP contribution in [0.1, 0.15) is 45.4 Å². The largest absolute Gasteiger partial charge is 0.311 e. The number of unbranched alkanes of at least 4 members (excludes halogenated alkanes) is 4. The van der Waals surface area contributed by atoms with Crippen LogP contribution in [0.3, 0.4) is 0 Å². The molecule has 0 saturated carbocycles. The van der Waals surface area contributed by atoms with Gasteiger partial charge in [0.05, 0.1) is 0 Å². The normalized spacial score (nSPS) is 10.2. The van der Waals surface area contributed by atoms with Crippen molar-refractivity contribution in [2.75, 3.05) is 0 Å². The quantitative estimate of drug-likeness (QED) is 0.241. The van der Waals surface area contributed by atoms with Crippen LogP contribution in [0.2, 0.25) is 0 Å². The standard InChI is InChI=1S/C15H22O5/c1-3-4-5-6-8-11-14(2)16-18-20-19-17-15-12-9-7-10-13-15/h7,9-10,12-13H,2-6,8,11H2,1H3. The van der Waals surface area contributed by atoms with Crippen LogP contribution < -0.4 is 4.89 Å². The molecule has 0 radical (unpaired) electrons. The van der Waals surface area contributed by atoms with E-state index in [1.54, 1.807) is 24.3 Å². The summed E-state index contributed by atoms with van der Waals surface area (Å²) in [6.07, 6.45) is 6.63. The number of benzene rings is 1. The fraction of sp³-hybridized carbons (Fsp3) is 0.467. The molecule has 0 unspecified atom stereocenters. The number of hydrogen-bond acceptors (Lipinski definition) is 5. The van der Waals surface area contributed by atoms with Crippen molar-refractivity contribution in [3.63, 3.8) is 0 Å². The maximum Gasteiger partial charge on any atom is 0.168 e. The smallest absolute Gasteiger partial charge is 0.168 e. The van der Waals surface area contributed by atoms with Crippen molar-refractivity contribution >= 4 is 0 Å². The van der Waals surface area contributed by atoms with Crippen LogP contribution in [0.25, 0.3) is 0 Å². The summed E-state index contributed by atoms with van der Waals surface area (Å²) in [5.74, 6) is 0.982. The van der Waals surface area contributed by atoms with Gasteiger partial charge in [0.15, 0.2) is 5.75 Å². The first-order valence-electron chi connectivity index (χ1n) is 6.90. The summed E-state index contributed by atoms with van der Waals surface area (Å²) < 4.78 is 0. The Morgan fingerprint density at radius 3 is 2.45 bits per heavy atom. The third-order valence-electron chi connectivity index (χ3n) is 2.64. The van der Waals surface area contributed by atoms with E-state index in [1.807, 2.05) is 6.07 Å². The second-order valence-electron chi connectivity index (χ2n) is 4.39. The zero-order chi connectivity index (χ0) is 14.5. The van der Waals surface area contributed by atoms with Crippen LogP contribution in [0.5, 0.6) is 5.75 Å². The number of rotatable bonds is 12. The molecule has 0 N–H and O–H groups in total. The van der Waals surface area contributed by atoms with Gasteiger partial charge in [-0.3, -0.25) is 0 Å². The first-order chi connectivity index (χ1) is 9.83. The van der Waals surface area contributed by atoms with Gasteiger partial charge < -0.3 is 9.78 Å². The van der Waals surface area contributed by atoms with Gasteiger partial charge in [-0.15, -0.1) is 0 Å². The molecule has 5 heteroatoms. The van der Waals surface area contributed by atoms with Gasteiger partial charge in [-0.1, -0.05) is 57.4 Å². The maximum absolute atomic E-state index is 4.76. The van der Waals surface area contributed by atoms with Crippen molar-refractivity contribution in [2.24, 2.45) is 0 Å². The predicted octanol–water partition coefficient (Wildman–Crippen LogP) is 4.67. The molecule has 0 bridgehead atoms. The van der Waals surface area contributed by atoms with Gasteiger partial charge in [-0.25, -0.2) is 0 Å². The highest BCUT2D eigenvalue weighted by Gasteiger charge is 2.00. The molecule has 0 aromatic heterocycles. The fourth-order valence-corrected chi connectivity index (χ4v) is 1.57. The molecule has 1 rings (SSSR count). The Kier molecular flexibility index (Phi) is 9.30. The summed E-state index contributed by atoms with van der Waals surface area (Å²) in [6, 6.07) is 8.88. The molecular weight excluding hydrogens is 260 g/mol. The maximum atomic E-state index is 4.76. The molecule has 0 atom stereocenters. The highest BCUT2D eigenvalue weighted by Crippen LogP contribution is 2.12. The van der Waals surface area contributed by atoms with Crippen LogP contribution in [0, 0.1) is 0 Å². The molecule has 0 saturated heterocycles. The van der Waals surface area contributed by atoms with Crippen molar-refractivity contribution < 1.29 is 24.9 Å². The van der Waals surface area contributed by atoms with Crippen LogP contribution in [0.4, 0.5) is 0 Å². The molecule has 0 fully saturated rings. The average molecular weight is 282 g/mol. The van der Waals surface area contributed by atoms with Gasteiger partial charge in [0.1, 0.15) is 5.76 Å². The molecule has 112 valence electrons. The van der Waals surface area contributed by atoms with E-state index in [9.17, 15) is 0 Å². The number of allylic oxidation sites excluding steroid dienone is 1. The van der Waals surface area contributed by atoms with E-state index in [0.717, 1.165) is 19.3 Å². The molecule has 5 nitrogen and oxygen atoms in total. The minimum absolute atomic E-state index is 0.491. The molecule has 0 heterocycles. The lowest BCUT2D eigenvalue weighted by Crippen LogP contribution is -2.01. The molecule has 20 heavy (non-hydrogen) atoms. The molecule has 0 aliphatic rings. The van der Waals surface area contributed by atoms with Gasteiger partial charge in [0, 0.05) is 21.5 Å². The highest BCUT2D eigenvalue weighted by atomic mass is 17.8. The van der Waals surface area contributed by atoms with Crippen molar-refractivity contribution in [3.8, 4) is 5.75 Å². The van der Waals surface area contributed by atoms with Crippen LogP contribution in [-0.4, -0.2) is 0 Å². The Morgan fingerprint density at radius 1 is 0.950 bits per heavy atom. The van der Waals surface area contributed by atoms with E-state index in [2.05, 4.69) is 28.6 Å². The molecule has 0 amide bonds. The third-order valence-corrected chi connectivity index (χ3v) is 2.64. The molecule has 1 aromatic rings. The minimum atomic E-state index is 0.491. The van der Waals surface area contributed by atoms with E-state index < -0.39 is 0 Å². The zero-order valence-electron chi connectivity index (χ0n) is 11.9. The highest BCUT2D eigenvalue weighted by molar-refractivity contribution is 5.19. The summed E-state index contributed by atoms with van der Waals surface area (Å²) in [5, 5.41) is 12.9. The average Bonchev–Trinajstić information content (AvgIpc) is 2.48. The lowest BCUT2D eigenvalue weighted by atomic mass is 10.1. The molecular formula is C15H22O5. The SMILES string of the molecule is C=C(CCCCCCC)OOOOOc1ccccc1. The van der Waals surface area contributed by atoms with Crippen molar-refractivity contribution in [1.29, 1.82) is 0 Å². The predicted molar refractivity (Wildman–Crippen MR) is 73.9 cm³/mol. The lowest BCUT2D eigenvalue weighted by Gasteiger charge is -2.05. The van der Waals surface area contributed by atoms with E-state index in [-0.39, 0.29) is 0 Å². The summed E-state index contributed by atoms with van der Waals surface area (Å²) in [5.41, 5.74) is 0. The van der Waals surface area contributed by atoms with Gasteiger partial charge in [0.25, 0.3) is 0 Å². The van der Waals surface area contributed by atoms with Gasteiger partial charge in [0.2, 0.25) is 0 Å². The second-order valence-corrected chi connectivity index (χ2v) is 4.39. The Bertz CT molecular complexity index is 353. The molecule has 0 spiro atoms. The Hall–Kier alpha value is -1.56. The van der Waals surface area contributed by atoms with Gasteiger partial charge in [-0.2, -0.15) is 0 Å². The van der Waals surface area contributed by atoms with E-state index >= 15 is 0 Å². The summed E-state index contributed by atoms with van der Waals surface area (Å²) in [6.45, 7) is 5.89. The first-order valence-corrected chi connectivity index (χ1v) is 6.90. The van der Waals surface area contributed by atoms with Gasteiger partial charge >= 0.3 is 0 Å². The summed E-state index contributed by atoms with van der Waals surface area (Å²) >= 11 is 0. The zero-order valence-corrected chi connectivity index (χ0v) is 11.9. The van der Waals surface area contributed by atoms with Crippen LogP contribution in [-0.2, 0) is 20.0 Å². The van der Waals surface area contributed by atoms with E-state index in [1.165, 1.54) is 19.3 Å². The third kappa shape index (κ3) is 8.53. The minimum Gasteiger partial charge on any atom is -0.311 e. The Labute approximate surface area is 119 Å². The lowest BCUT2D eigenvalue weighted by molar-refractivity contribution is -0.684. The first kappa shape index (κ1) is 16.5. The van der Waals surface area contributed by atoms with E-state index in [4.69, 9.17) is 9.78 Å². The fourth-order valence-electron chi connectivity index (χ4n) is 1.57. The summed E-state index contributed by atoms with van der Waals surface area (Å²) in [4.78, 5) is 9.52. The Morgan fingerprint density at radius 2 is 1.70 bits per heavy atom. The van der Waals surface area contributed by atoms with Crippen LogP contribution >= 0.6 is 0 Å². The molecule has 0 aliphatic carbocycles. The molecule has 1 aromatic carbocycles. The Balaban J connectivity index is 1.91. The van der Waals surface area contributed by atoms with Crippen molar-refractivity contribution in [3.05, 3.63) is 42.7 Å². The second kappa shape index (κ2) is 11.3. The topological polar surface area (TPSA) is 46.2 Å². The number of para-hydroxylation sites is 1. The van der Waals surface area contributed by atoms with Gasteiger partial charge in [-0.05, 0) is 18.6 Å². The summed E-state index contributed by atoms with van der Waals surface area (Å²) in [7, 11) is 0.